The van der Waals surface area contributed by atoms with Crippen molar-refractivity contribution in [3.8, 4) is 0 Å². The van der Waals surface area contributed by atoms with E-state index in [4.69, 9.17) is 0 Å². The number of hydrogen-bond donors (Lipinski definition) is 1. The van der Waals surface area contributed by atoms with Gasteiger partial charge in [-0.2, -0.15) is 16.1 Å². The summed E-state index contributed by atoms with van der Waals surface area (Å²) < 4.78 is 4.37. The molecule has 0 aliphatic rings. The summed E-state index contributed by atoms with van der Waals surface area (Å²) in [6.07, 6.45) is 2.08. The maximum atomic E-state index is 4.47. The molecule has 0 aromatic carbocycles. The van der Waals surface area contributed by atoms with Gasteiger partial charge in [0.05, 0.1) is 4.75 Å². The zero-order valence-electron chi connectivity index (χ0n) is 9.29. The summed E-state index contributed by atoms with van der Waals surface area (Å²) in [7, 11) is 0. The standard InChI is InChI=1S/C9H17N3S2/c1-6(2)10-8-11-7(12-14-8)9(3,4)13-5/h6H,1-5H3,(H,10,11,12). The minimum atomic E-state index is 0.00735. The lowest BCUT2D eigenvalue weighted by molar-refractivity contribution is 0.727. The zero-order valence-corrected chi connectivity index (χ0v) is 10.9. The van der Waals surface area contributed by atoms with Crippen molar-refractivity contribution in [3.05, 3.63) is 5.82 Å². The Bertz CT molecular complexity index is 294. The van der Waals surface area contributed by atoms with Gasteiger partial charge in [0.2, 0.25) is 5.13 Å². The molecular formula is C9H17N3S2. The SMILES string of the molecule is CSC(C)(C)c1nsc(NC(C)C)n1. The molecule has 0 atom stereocenters. The summed E-state index contributed by atoms with van der Waals surface area (Å²) >= 11 is 3.20. The fraction of sp³-hybridized carbons (Fsp3) is 0.778. The molecule has 0 spiro atoms. The van der Waals surface area contributed by atoms with E-state index in [0.717, 1.165) is 11.0 Å². The van der Waals surface area contributed by atoms with E-state index in [0.29, 0.717) is 6.04 Å². The van der Waals surface area contributed by atoms with E-state index >= 15 is 0 Å². The van der Waals surface area contributed by atoms with Gasteiger partial charge < -0.3 is 5.32 Å². The molecule has 3 nitrogen and oxygen atoms in total. The van der Waals surface area contributed by atoms with Crippen molar-refractivity contribution in [1.29, 1.82) is 0 Å². The highest BCUT2D eigenvalue weighted by Crippen LogP contribution is 2.32. The van der Waals surface area contributed by atoms with E-state index in [-0.39, 0.29) is 4.75 Å². The van der Waals surface area contributed by atoms with Crippen LogP contribution in [0.3, 0.4) is 0 Å². The third-order valence-corrected chi connectivity index (χ3v) is 3.74. The van der Waals surface area contributed by atoms with E-state index in [1.807, 2.05) is 0 Å². The predicted octanol–water partition coefficient (Wildman–Crippen LogP) is 2.96. The third-order valence-electron chi connectivity index (χ3n) is 1.89. The van der Waals surface area contributed by atoms with Gasteiger partial charge in [0.15, 0.2) is 5.82 Å². The largest absolute Gasteiger partial charge is 0.358 e. The van der Waals surface area contributed by atoms with Gasteiger partial charge >= 0.3 is 0 Å². The molecule has 0 aliphatic carbocycles. The minimum absolute atomic E-state index is 0.00735. The Morgan fingerprint density at radius 2 is 2.07 bits per heavy atom. The number of anilines is 1. The second-order valence-corrected chi connectivity index (χ2v) is 6.12. The van der Waals surface area contributed by atoms with Crippen LogP contribution in [0, 0.1) is 0 Å². The molecule has 0 saturated carbocycles. The fourth-order valence-corrected chi connectivity index (χ4v) is 2.05. The maximum absolute atomic E-state index is 4.47. The topological polar surface area (TPSA) is 37.8 Å². The van der Waals surface area contributed by atoms with Crippen molar-refractivity contribution in [2.24, 2.45) is 0 Å². The van der Waals surface area contributed by atoms with Crippen molar-refractivity contribution < 1.29 is 0 Å². The van der Waals surface area contributed by atoms with Gasteiger partial charge in [-0.25, -0.2) is 4.98 Å². The Balaban J connectivity index is 2.77. The van der Waals surface area contributed by atoms with Crippen LogP contribution in [0.1, 0.15) is 33.5 Å². The first-order chi connectivity index (χ1) is 6.45. The second-order valence-electron chi connectivity index (χ2n) is 3.94. The monoisotopic (exact) mass is 231 g/mol. The molecule has 1 heterocycles. The number of thioether (sulfide) groups is 1. The van der Waals surface area contributed by atoms with Gasteiger partial charge in [0.1, 0.15) is 0 Å². The molecule has 14 heavy (non-hydrogen) atoms. The summed E-state index contributed by atoms with van der Waals surface area (Å²) in [5.41, 5.74) is 0. The molecule has 1 aromatic rings. The molecule has 0 fully saturated rings. The first-order valence-corrected chi connectivity index (χ1v) is 6.61. The molecule has 1 N–H and O–H groups in total. The molecule has 5 heteroatoms. The van der Waals surface area contributed by atoms with Gasteiger partial charge in [-0.3, -0.25) is 0 Å². The summed E-state index contributed by atoms with van der Waals surface area (Å²) in [5.74, 6) is 0.915. The Morgan fingerprint density at radius 3 is 2.57 bits per heavy atom. The number of rotatable bonds is 4. The fourth-order valence-electron chi connectivity index (χ4n) is 0.865. The highest BCUT2D eigenvalue weighted by atomic mass is 32.2. The van der Waals surface area contributed by atoms with Crippen molar-refractivity contribution >= 4 is 28.4 Å². The normalized spacial score (nSPS) is 12.1. The zero-order chi connectivity index (χ0) is 10.8. The van der Waals surface area contributed by atoms with Crippen LogP contribution in [0.25, 0.3) is 0 Å². The molecule has 0 saturated heterocycles. The highest BCUT2D eigenvalue weighted by molar-refractivity contribution is 7.99. The van der Waals surface area contributed by atoms with Crippen LogP contribution in [0.5, 0.6) is 0 Å². The van der Waals surface area contributed by atoms with Crippen molar-refractivity contribution in [2.45, 2.75) is 38.5 Å². The lowest BCUT2D eigenvalue weighted by atomic mass is 10.2. The quantitative estimate of drug-likeness (QED) is 0.864. The maximum Gasteiger partial charge on any atom is 0.202 e. The van der Waals surface area contributed by atoms with Crippen LogP contribution in [0.15, 0.2) is 0 Å². The molecule has 0 radical (unpaired) electrons. The third kappa shape index (κ3) is 2.85. The number of nitrogens with one attached hydrogen (secondary N) is 1. The molecule has 80 valence electrons. The molecule has 0 aliphatic heterocycles. The predicted molar refractivity (Wildman–Crippen MR) is 65.2 cm³/mol. The number of aromatic nitrogens is 2. The van der Waals surface area contributed by atoms with Crippen molar-refractivity contribution in [3.63, 3.8) is 0 Å². The molecule has 0 unspecified atom stereocenters. The first kappa shape index (κ1) is 11.8. The van der Waals surface area contributed by atoms with Crippen LogP contribution >= 0.6 is 23.3 Å². The van der Waals surface area contributed by atoms with Gasteiger partial charge in [-0.15, -0.1) is 0 Å². The molecule has 1 aromatic heterocycles. The van der Waals surface area contributed by atoms with E-state index in [1.165, 1.54) is 11.5 Å². The lowest BCUT2D eigenvalue weighted by Gasteiger charge is -2.17. The molecule has 0 amide bonds. The van der Waals surface area contributed by atoms with Gasteiger partial charge in [0.25, 0.3) is 0 Å². The van der Waals surface area contributed by atoms with Crippen LogP contribution in [0.4, 0.5) is 5.13 Å². The van der Waals surface area contributed by atoms with Gasteiger partial charge in [0, 0.05) is 17.6 Å². The van der Waals surface area contributed by atoms with E-state index in [1.54, 1.807) is 11.8 Å². The van der Waals surface area contributed by atoms with Crippen LogP contribution in [0.2, 0.25) is 0 Å². The Labute approximate surface area is 93.9 Å². The van der Waals surface area contributed by atoms with Crippen LogP contribution < -0.4 is 5.32 Å². The smallest absolute Gasteiger partial charge is 0.202 e. The summed E-state index contributed by atoms with van der Waals surface area (Å²) in [4.78, 5) is 4.47. The van der Waals surface area contributed by atoms with Gasteiger partial charge in [-0.05, 0) is 34.0 Å². The summed E-state index contributed by atoms with van der Waals surface area (Å²) in [5, 5.41) is 4.17. The summed E-state index contributed by atoms with van der Waals surface area (Å²) in [6, 6.07) is 0.410. The van der Waals surface area contributed by atoms with Crippen molar-refractivity contribution in [1.82, 2.24) is 9.36 Å². The minimum Gasteiger partial charge on any atom is -0.358 e. The molecule has 0 bridgehead atoms. The Morgan fingerprint density at radius 1 is 1.43 bits per heavy atom. The van der Waals surface area contributed by atoms with E-state index in [2.05, 4.69) is 48.6 Å². The van der Waals surface area contributed by atoms with E-state index in [9.17, 15) is 0 Å². The first-order valence-electron chi connectivity index (χ1n) is 4.61. The Kier molecular flexibility index (Phi) is 3.78. The summed E-state index contributed by atoms with van der Waals surface area (Å²) in [6.45, 7) is 8.47. The lowest BCUT2D eigenvalue weighted by Crippen LogP contribution is -2.14. The number of nitrogens with zero attached hydrogens (tertiary/aromatic N) is 2. The highest BCUT2D eigenvalue weighted by Gasteiger charge is 2.24. The number of hydrogen-bond acceptors (Lipinski definition) is 5. The Hall–Kier alpha value is -0.290. The van der Waals surface area contributed by atoms with Crippen LogP contribution in [-0.2, 0) is 4.75 Å². The molecule has 1 rings (SSSR count). The molecular weight excluding hydrogens is 214 g/mol. The van der Waals surface area contributed by atoms with Crippen LogP contribution in [-0.4, -0.2) is 21.7 Å². The second kappa shape index (κ2) is 4.49. The average molecular weight is 231 g/mol. The van der Waals surface area contributed by atoms with E-state index < -0.39 is 0 Å². The average Bonchev–Trinajstić information content (AvgIpc) is 2.52. The van der Waals surface area contributed by atoms with Crippen molar-refractivity contribution in [2.75, 3.05) is 11.6 Å². The van der Waals surface area contributed by atoms with Gasteiger partial charge in [-0.1, -0.05) is 0 Å².